The van der Waals surface area contributed by atoms with Gasteiger partial charge in [-0.1, -0.05) is 11.6 Å². The number of ether oxygens (including phenoxy) is 1. The molecule has 0 aliphatic carbocycles. The monoisotopic (exact) mass is 336 g/mol. The third-order valence-electron chi connectivity index (χ3n) is 3.91. The van der Waals surface area contributed by atoms with Crippen LogP contribution in [0.5, 0.6) is 5.75 Å². The Hall–Kier alpha value is -1.69. The summed E-state index contributed by atoms with van der Waals surface area (Å²) in [5, 5.41) is 11.2. The molecular formula is C17H18ClFN2O2. The molecule has 1 aliphatic heterocycles. The molecule has 4 nitrogen and oxygen atoms in total. The number of hydrogen-bond acceptors (Lipinski definition) is 4. The van der Waals surface area contributed by atoms with Crippen molar-refractivity contribution in [1.82, 2.24) is 9.88 Å². The molecule has 1 aromatic carbocycles. The Bertz CT molecular complexity index is 651. The molecule has 2 aromatic rings. The predicted molar refractivity (Wildman–Crippen MR) is 86.0 cm³/mol. The Morgan fingerprint density at radius 3 is 2.74 bits per heavy atom. The van der Waals surface area contributed by atoms with Gasteiger partial charge in [0.2, 0.25) is 0 Å². The Balaban J connectivity index is 1.53. The zero-order chi connectivity index (χ0) is 16.3. The molecule has 2 heterocycles. The van der Waals surface area contributed by atoms with Gasteiger partial charge in [0.1, 0.15) is 23.8 Å². The van der Waals surface area contributed by atoms with Gasteiger partial charge in [-0.2, -0.15) is 0 Å². The Labute approximate surface area is 139 Å². The maximum absolute atomic E-state index is 12.9. The summed E-state index contributed by atoms with van der Waals surface area (Å²) in [7, 11) is 0. The first-order chi connectivity index (χ1) is 11.0. The maximum atomic E-state index is 12.9. The average molecular weight is 337 g/mol. The standard InChI is InChI=1S/C17H18ClFN2O2/c18-13-1-4-15(20-9-13)10-21-8-7-17(22,11-21)12-23-16-5-2-14(19)3-6-16/h1-6,9,22H,7-8,10-12H2/t17-/m1/s1. The van der Waals surface area contributed by atoms with Gasteiger partial charge in [-0.3, -0.25) is 9.88 Å². The second kappa shape index (κ2) is 6.83. The highest BCUT2D eigenvalue weighted by Gasteiger charge is 2.36. The summed E-state index contributed by atoms with van der Waals surface area (Å²) in [5.41, 5.74) is 0.0129. The molecule has 0 saturated carbocycles. The van der Waals surface area contributed by atoms with Crippen molar-refractivity contribution in [3.63, 3.8) is 0 Å². The number of pyridine rings is 1. The summed E-state index contributed by atoms with van der Waals surface area (Å²) < 4.78 is 18.4. The van der Waals surface area contributed by atoms with Crippen molar-refractivity contribution in [2.45, 2.75) is 18.6 Å². The first kappa shape index (κ1) is 16.2. The zero-order valence-electron chi connectivity index (χ0n) is 12.6. The van der Waals surface area contributed by atoms with Crippen LogP contribution in [0.2, 0.25) is 5.02 Å². The fraction of sp³-hybridized carbons (Fsp3) is 0.353. The van der Waals surface area contributed by atoms with Gasteiger partial charge in [0.15, 0.2) is 0 Å². The number of β-amino-alcohol motifs (C(OH)–C–C–N with tert-alkyl or cyclic N) is 1. The van der Waals surface area contributed by atoms with Gasteiger partial charge in [0.25, 0.3) is 0 Å². The lowest BCUT2D eigenvalue weighted by molar-refractivity contribution is 0.00329. The number of halogens is 2. The molecule has 3 rings (SSSR count). The number of hydrogen-bond donors (Lipinski definition) is 1. The SMILES string of the molecule is O[C@]1(COc2ccc(F)cc2)CCN(Cc2ccc(Cl)cn2)C1. The number of aromatic nitrogens is 1. The van der Waals surface area contributed by atoms with Gasteiger partial charge in [-0.05, 0) is 42.8 Å². The van der Waals surface area contributed by atoms with Gasteiger partial charge >= 0.3 is 0 Å². The number of likely N-dealkylation sites (tertiary alicyclic amines) is 1. The number of rotatable bonds is 5. The molecule has 6 heteroatoms. The molecule has 0 unspecified atom stereocenters. The van der Waals surface area contributed by atoms with Crippen molar-refractivity contribution in [3.8, 4) is 5.75 Å². The third kappa shape index (κ3) is 4.41. The lowest BCUT2D eigenvalue weighted by atomic mass is 10.1. The van der Waals surface area contributed by atoms with Crippen LogP contribution >= 0.6 is 11.6 Å². The van der Waals surface area contributed by atoms with Crippen LogP contribution in [0.4, 0.5) is 4.39 Å². The number of aliphatic hydroxyl groups is 1. The van der Waals surface area contributed by atoms with E-state index in [1.165, 1.54) is 12.1 Å². The molecule has 23 heavy (non-hydrogen) atoms. The second-order valence-corrected chi connectivity index (χ2v) is 6.33. The Kier molecular flexibility index (Phi) is 4.80. The highest BCUT2D eigenvalue weighted by Crippen LogP contribution is 2.24. The van der Waals surface area contributed by atoms with Gasteiger partial charge < -0.3 is 9.84 Å². The normalized spacial score (nSPS) is 21.5. The molecule has 1 aromatic heterocycles. The van der Waals surface area contributed by atoms with Gasteiger partial charge in [0, 0.05) is 25.8 Å². The number of benzene rings is 1. The zero-order valence-corrected chi connectivity index (χ0v) is 13.3. The molecule has 0 amide bonds. The van der Waals surface area contributed by atoms with E-state index in [2.05, 4.69) is 9.88 Å². The van der Waals surface area contributed by atoms with Crippen LogP contribution < -0.4 is 4.74 Å². The van der Waals surface area contributed by atoms with E-state index in [4.69, 9.17) is 16.3 Å². The molecular weight excluding hydrogens is 319 g/mol. The Morgan fingerprint density at radius 1 is 1.26 bits per heavy atom. The van der Waals surface area contributed by atoms with Crippen LogP contribution in [0.3, 0.4) is 0 Å². The quantitative estimate of drug-likeness (QED) is 0.912. The average Bonchev–Trinajstić information content (AvgIpc) is 2.91. The van der Waals surface area contributed by atoms with Crippen molar-refractivity contribution >= 4 is 11.6 Å². The smallest absolute Gasteiger partial charge is 0.123 e. The minimum atomic E-state index is -0.902. The lowest BCUT2D eigenvalue weighted by Gasteiger charge is -2.23. The molecule has 1 N–H and O–H groups in total. The van der Waals surface area contributed by atoms with Crippen LogP contribution in [0, 0.1) is 5.82 Å². The summed E-state index contributed by atoms with van der Waals surface area (Å²) in [6.07, 6.45) is 2.25. The fourth-order valence-corrected chi connectivity index (χ4v) is 2.78. The summed E-state index contributed by atoms with van der Waals surface area (Å²) >= 11 is 5.83. The molecule has 1 fully saturated rings. The molecule has 0 spiro atoms. The van der Waals surface area contributed by atoms with Crippen LogP contribution in [0.15, 0.2) is 42.6 Å². The molecule has 0 bridgehead atoms. The summed E-state index contributed by atoms with van der Waals surface area (Å²) in [5.74, 6) is 0.246. The molecule has 122 valence electrons. The lowest BCUT2D eigenvalue weighted by Crippen LogP contribution is -2.39. The molecule has 0 radical (unpaired) electrons. The summed E-state index contributed by atoms with van der Waals surface area (Å²) in [4.78, 5) is 6.40. The van der Waals surface area contributed by atoms with E-state index in [1.54, 1.807) is 18.3 Å². The maximum Gasteiger partial charge on any atom is 0.123 e. The van der Waals surface area contributed by atoms with E-state index in [-0.39, 0.29) is 12.4 Å². The second-order valence-electron chi connectivity index (χ2n) is 5.90. The van der Waals surface area contributed by atoms with Gasteiger partial charge in [-0.15, -0.1) is 0 Å². The minimum absolute atomic E-state index is 0.184. The van der Waals surface area contributed by atoms with Gasteiger partial charge in [0.05, 0.1) is 10.7 Å². The summed E-state index contributed by atoms with van der Waals surface area (Å²) in [6, 6.07) is 9.49. The largest absolute Gasteiger partial charge is 0.491 e. The highest BCUT2D eigenvalue weighted by molar-refractivity contribution is 6.30. The van der Waals surface area contributed by atoms with E-state index in [1.807, 2.05) is 12.1 Å². The van der Waals surface area contributed by atoms with E-state index < -0.39 is 5.60 Å². The van der Waals surface area contributed by atoms with Crippen molar-refractivity contribution < 1.29 is 14.2 Å². The fourth-order valence-electron chi connectivity index (χ4n) is 2.67. The topological polar surface area (TPSA) is 45.6 Å². The number of nitrogens with zero attached hydrogens (tertiary/aromatic N) is 2. The third-order valence-corrected chi connectivity index (χ3v) is 4.13. The minimum Gasteiger partial charge on any atom is -0.491 e. The van der Waals surface area contributed by atoms with E-state index in [9.17, 15) is 9.50 Å². The van der Waals surface area contributed by atoms with Crippen molar-refractivity contribution in [2.24, 2.45) is 0 Å². The van der Waals surface area contributed by atoms with E-state index in [0.717, 1.165) is 12.2 Å². The molecule has 1 aliphatic rings. The van der Waals surface area contributed by atoms with Crippen LogP contribution in [0.1, 0.15) is 12.1 Å². The molecule has 1 atom stereocenters. The van der Waals surface area contributed by atoms with Crippen LogP contribution in [-0.2, 0) is 6.54 Å². The predicted octanol–water partition coefficient (Wildman–Crippen LogP) is 2.89. The van der Waals surface area contributed by atoms with Crippen molar-refractivity contribution in [1.29, 1.82) is 0 Å². The van der Waals surface area contributed by atoms with Crippen molar-refractivity contribution in [2.75, 3.05) is 19.7 Å². The molecule has 1 saturated heterocycles. The highest BCUT2D eigenvalue weighted by atomic mass is 35.5. The van der Waals surface area contributed by atoms with Crippen LogP contribution in [-0.4, -0.2) is 40.3 Å². The summed E-state index contributed by atoms with van der Waals surface area (Å²) in [6.45, 7) is 2.13. The first-order valence-corrected chi connectivity index (χ1v) is 7.84. The van der Waals surface area contributed by atoms with E-state index in [0.29, 0.717) is 30.3 Å². The van der Waals surface area contributed by atoms with Crippen molar-refractivity contribution in [3.05, 3.63) is 59.1 Å². The Morgan fingerprint density at radius 2 is 2.04 bits per heavy atom. The van der Waals surface area contributed by atoms with Crippen LogP contribution in [0.25, 0.3) is 0 Å². The van der Waals surface area contributed by atoms with E-state index >= 15 is 0 Å². The first-order valence-electron chi connectivity index (χ1n) is 7.46. The van der Waals surface area contributed by atoms with Gasteiger partial charge in [-0.25, -0.2) is 4.39 Å².